The molecule has 0 aliphatic carbocycles. The first-order valence-electron chi connectivity index (χ1n) is 23.0. The van der Waals surface area contributed by atoms with E-state index in [2.05, 4.69) is 19.2 Å². The second kappa shape index (κ2) is 36.0. The standard InChI is InChI=1S/C45H87NO9/c1-3-5-7-9-11-13-15-16-17-18-19-20-21-22-24-26-28-30-32-34-39(49)44(53)46-37(36-54-45-43(52)42(51)41(50)40(35-47)55-45)38(48)33-31-29-27-25-23-14-12-10-8-6-4-2/h31,33,37-43,45,47-52H,3-30,32,34-36H2,1-2H3,(H,46,53)/b33-31+. The highest BCUT2D eigenvalue weighted by Gasteiger charge is 2.44. The van der Waals surface area contributed by atoms with E-state index in [0.29, 0.717) is 6.42 Å². The summed E-state index contributed by atoms with van der Waals surface area (Å²) >= 11 is 0. The Kier molecular flexibility index (Phi) is 34.0. The number of nitrogens with one attached hydrogen (secondary N) is 1. The van der Waals surface area contributed by atoms with Crippen LogP contribution in [0.1, 0.15) is 206 Å². The number of unbranched alkanes of at least 4 members (excludes halogenated alkanes) is 27. The van der Waals surface area contributed by atoms with Gasteiger partial charge in [-0.1, -0.05) is 199 Å². The van der Waals surface area contributed by atoms with Crippen LogP contribution in [0.4, 0.5) is 0 Å². The molecule has 0 saturated carbocycles. The summed E-state index contributed by atoms with van der Waals surface area (Å²) < 4.78 is 11.1. The number of ether oxygens (including phenoxy) is 2. The van der Waals surface area contributed by atoms with Crippen LogP contribution in [0.2, 0.25) is 0 Å². The van der Waals surface area contributed by atoms with Crippen molar-refractivity contribution in [1.29, 1.82) is 0 Å². The van der Waals surface area contributed by atoms with Crippen LogP contribution >= 0.6 is 0 Å². The molecule has 1 rings (SSSR count). The van der Waals surface area contributed by atoms with Crippen LogP contribution in [0, 0.1) is 0 Å². The predicted molar refractivity (Wildman–Crippen MR) is 223 cm³/mol. The molecule has 1 amide bonds. The third-order valence-electron chi connectivity index (χ3n) is 11.2. The molecule has 326 valence electrons. The van der Waals surface area contributed by atoms with Crippen LogP contribution in [0.3, 0.4) is 0 Å². The maximum Gasteiger partial charge on any atom is 0.249 e. The van der Waals surface area contributed by atoms with Crippen molar-refractivity contribution in [3.63, 3.8) is 0 Å². The largest absolute Gasteiger partial charge is 0.394 e. The third-order valence-corrected chi connectivity index (χ3v) is 11.2. The van der Waals surface area contributed by atoms with E-state index in [-0.39, 0.29) is 6.61 Å². The zero-order chi connectivity index (χ0) is 40.4. The molecule has 1 fully saturated rings. The van der Waals surface area contributed by atoms with Gasteiger partial charge in [0.2, 0.25) is 5.91 Å². The van der Waals surface area contributed by atoms with E-state index >= 15 is 0 Å². The van der Waals surface area contributed by atoms with Gasteiger partial charge in [0.1, 0.15) is 30.5 Å². The van der Waals surface area contributed by atoms with Gasteiger partial charge in [-0.05, 0) is 19.3 Å². The molecular weight excluding hydrogens is 698 g/mol. The van der Waals surface area contributed by atoms with Crippen LogP contribution in [-0.2, 0) is 14.3 Å². The fourth-order valence-electron chi connectivity index (χ4n) is 7.40. The van der Waals surface area contributed by atoms with Crippen LogP contribution in [-0.4, -0.2) is 98.7 Å². The predicted octanol–water partition coefficient (Wildman–Crippen LogP) is 8.31. The molecule has 0 aromatic rings. The van der Waals surface area contributed by atoms with Crippen molar-refractivity contribution in [3.05, 3.63) is 12.2 Å². The Bertz CT molecular complexity index is 890. The zero-order valence-electron chi connectivity index (χ0n) is 35.3. The number of amides is 1. The smallest absolute Gasteiger partial charge is 0.249 e. The lowest BCUT2D eigenvalue weighted by atomic mass is 9.99. The Morgan fingerprint density at radius 3 is 1.47 bits per heavy atom. The summed E-state index contributed by atoms with van der Waals surface area (Å²) in [6, 6.07) is -0.973. The molecule has 8 atom stereocenters. The summed E-state index contributed by atoms with van der Waals surface area (Å²) in [5.41, 5.74) is 0. The molecule has 8 unspecified atom stereocenters. The van der Waals surface area contributed by atoms with Crippen molar-refractivity contribution in [2.24, 2.45) is 0 Å². The van der Waals surface area contributed by atoms with Crippen LogP contribution in [0.15, 0.2) is 12.2 Å². The van der Waals surface area contributed by atoms with Gasteiger partial charge in [-0.3, -0.25) is 4.79 Å². The quantitative estimate of drug-likeness (QED) is 0.0241. The van der Waals surface area contributed by atoms with Gasteiger partial charge in [0.05, 0.1) is 25.4 Å². The van der Waals surface area contributed by atoms with E-state index in [9.17, 15) is 35.4 Å². The van der Waals surface area contributed by atoms with Crippen molar-refractivity contribution in [2.75, 3.05) is 13.2 Å². The average molecular weight is 786 g/mol. The van der Waals surface area contributed by atoms with E-state index < -0.39 is 61.5 Å². The SMILES string of the molecule is CCCCCCCCCCC/C=C/C(O)C(COC1OC(CO)C(O)C(O)C1O)NC(=O)C(O)CCCCCCCCCCCCCCCCCCCCC. The van der Waals surface area contributed by atoms with Crippen molar-refractivity contribution < 1.29 is 44.9 Å². The highest BCUT2D eigenvalue weighted by Crippen LogP contribution is 2.23. The number of carbonyl (C=O) groups excluding carboxylic acids is 1. The first-order valence-corrected chi connectivity index (χ1v) is 23.0. The summed E-state index contributed by atoms with van der Waals surface area (Å²) in [4.78, 5) is 13.0. The maximum atomic E-state index is 13.0. The van der Waals surface area contributed by atoms with Gasteiger partial charge in [0.15, 0.2) is 6.29 Å². The highest BCUT2D eigenvalue weighted by molar-refractivity contribution is 5.80. The molecule has 1 heterocycles. The van der Waals surface area contributed by atoms with Crippen LogP contribution in [0.5, 0.6) is 0 Å². The summed E-state index contributed by atoms with van der Waals surface area (Å²) in [5, 5.41) is 64.5. The molecule has 10 heteroatoms. The molecule has 0 bridgehead atoms. The molecule has 0 aromatic carbocycles. The van der Waals surface area contributed by atoms with Gasteiger partial charge < -0.3 is 45.4 Å². The number of hydrogen-bond donors (Lipinski definition) is 7. The second-order valence-corrected chi connectivity index (χ2v) is 16.3. The van der Waals surface area contributed by atoms with Crippen LogP contribution in [0.25, 0.3) is 0 Å². The normalized spacial score (nSPS) is 21.9. The monoisotopic (exact) mass is 786 g/mol. The lowest BCUT2D eigenvalue weighted by Crippen LogP contribution is -2.60. The van der Waals surface area contributed by atoms with E-state index in [4.69, 9.17) is 9.47 Å². The van der Waals surface area contributed by atoms with Crippen molar-refractivity contribution in [2.45, 2.75) is 255 Å². The lowest BCUT2D eigenvalue weighted by molar-refractivity contribution is -0.302. The van der Waals surface area contributed by atoms with Crippen LogP contribution < -0.4 is 5.32 Å². The summed E-state index contributed by atoms with van der Waals surface area (Å²) in [6.07, 6.45) is 30.2. The highest BCUT2D eigenvalue weighted by atomic mass is 16.7. The van der Waals surface area contributed by atoms with Gasteiger partial charge in [0.25, 0.3) is 0 Å². The zero-order valence-corrected chi connectivity index (χ0v) is 35.3. The van der Waals surface area contributed by atoms with Gasteiger partial charge in [-0.25, -0.2) is 0 Å². The molecule has 0 radical (unpaired) electrons. The molecular formula is C45H87NO9. The molecule has 0 spiro atoms. The van der Waals surface area contributed by atoms with E-state index in [1.807, 2.05) is 6.08 Å². The first kappa shape index (κ1) is 51.9. The average Bonchev–Trinajstić information content (AvgIpc) is 3.18. The van der Waals surface area contributed by atoms with Crippen molar-refractivity contribution in [1.82, 2.24) is 5.32 Å². The number of carbonyl (C=O) groups is 1. The molecule has 1 aliphatic rings. The van der Waals surface area contributed by atoms with E-state index in [0.717, 1.165) is 44.9 Å². The lowest BCUT2D eigenvalue weighted by Gasteiger charge is -2.40. The summed E-state index contributed by atoms with van der Waals surface area (Å²) in [7, 11) is 0. The van der Waals surface area contributed by atoms with Gasteiger partial charge in [-0.2, -0.15) is 0 Å². The third kappa shape index (κ3) is 26.5. The van der Waals surface area contributed by atoms with Gasteiger partial charge in [0, 0.05) is 0 Å². The second-order valence-electron chi connectivity index (χ2n) is 16.3. The number of allylic oxidation sites excluding steroid dienone is 1. The van der Waals surface area contributed by atoms with E-state index in [1.165, 1.54) is 141 Å². The molecule has 10 nitrogen and oxygen atoms in total. The number of rotatable bonds is 38. The Hall–Kier alpha value is -1.11. The summed E-state index contributed by atoms with van der Waals surface area (Å²) in [6.45, 7) is 3.60. The Morgan fingerprint density at radius 1 is 0.618 bits per heavy atom. The molecule has 7 N–H and O–H groups in total. The molecule has 1 aliphatic heterocycles. The van der Waals surface area contributed by atoms with Crippen molar-refractivity contribution in [3.8, 4) is 0 Å². The molecule has 1 saturated heterocycles. The maximum absolute atomic E-state index is 13.0. The van der Waals surface area contributed by atoms with Gasteiger partial charge in [-0.15, -0.1) is 0 Å². The first-order chi connectivity index (χ1) is 26.8. The fourth-order valence-corrected chi connectivity index (χ4v) is 7.40. The minimum atomic E-state index is -1.61. The van der Waals surface area contributed by atoms with Gasteiger partial charge >= 0.3 is 0 Å². The van der Waals surface area contributed by atoms with E-state index in [1.54, 1.807) is 6.08 Å². The minimum absolute atomic E-state index is 0.302. The Morgan fingerprint density at radius 2 is 1.04 bits per heavy atom. The number of aliphatic hydroxyl groups excluding tert-OH is 6. The topological polar surface area (TPSA) is 169 Å². The number of hydrogen-bond acceptors (Lipinski definition) is 9. The minimum Gasteiger partial charge on any atom is -0.394 e. The van der Waals surface area contributed by atoms with Crippen molar-refractivity contribution >= 4 is 5.91 Å². The Labute approximate surface area is 336 Å². The number of aliphatic hydroxyl groups is 6. The molecule has 55 heavy (non-hydrogen) atoms. The Balaban J connectivity index is 2.36. The molecule has 0 aromatic heterocycles. The summed E-state index contributed by atoms with van der Waals surface area (Å²) in [5.74, 6) is -0.615. The fraction of sp³-hybridized carbons (Fsp3) is 0.933.